The molecule has 0 saturated carbocycles. The van der Waals surface area contributed by atoms with E-state index in [1.54, 1.807) is 18.4 Å². The first-order chi connectivity index (χ1) is 8.19. The SMILES string of the molecule is CCC(C)(OC)c1nc(C2CSCCN2)cs1. The second-order valence-electron chi connectivity index (χ2n) is 4.45. The fraction of sp³-hybridized carbons (Fsp3) is 0.750. The highest BCUT2D eigenvalue weighted by Gasteiger charge is 2.29. The molecule has 5 heteroatoms. The van der Waals surface area contributed by atoms with E-state index in [0.29, 0.717) is 6.04 Å². The number of hydrogen-bond acceptors (Lipinski definition) is 5. The molecule has 17 heavy (non-hydrogen) atoms. The lowest BCUT2D eigenvalue weighted by Crippen LogP contribution is -2.30. The predicted octanol–water partition coefficient (Wildman–Crippen LogP) is 2.79. The van der Waals surface area contributed by atoms with Crippen molar-refractivity contribution in [2.24, 2.45) is 0 Å². The molecular weight excluding hydrogens is 252 g/mol. The van der Waals surface area contributed by atoms with Crippen LogP contribution in [0.1, 0.15) is 37.0 Å². The Labute approximate surface area is 111 Å². The molecule has 3 nitrogen and oxygen atoms in total. The predicted molar refractivity (Wildman–Crippen MR) is 74.8 cm³/mol. The van der Waals surface area contributed by atoms with E-state index in [2.05, 4.69) is 24.5 Å². The number of ether oxygens (including phenoxy) is 1. The zero-order valence-electron chi connectivity index (χ0n) is 10.7. The third-order valence-corrected chi connectivity index (χ3v) is 5.55. The number of rotatable bonds is 4. The Balaban J connectivity index is 2.14. The molecule has 0 aliphatic carbocycles. The number of nitrogens with one attached hydrogen (secondary N) is 1. The summed E-state index contributed by atoms with van der Waals surface area (Å²) in [6, 6.07) is 0.414. The molecule has 1 aliphatic heterocycles. The minimum Gasteiger partial charge on any atom is -0.371 e. The summed E-state index contributed by atoms with van der Waals surface area (Å²) in [5.41, 5.74) is 0.944. The highest BCUT2D eigenvalue weighted by Crippen LogP contribution is 2.33. The maximum atomic E-state index is 5.60. The Morgan fingerprint density at radius 1 is 1.65 bits per heavy atom. The summed E-state index contributed by atoms with van der Waals surface area (Å²) in [6.45, 7) is 5.33. The zero-order chi connectivity index (χ0) is 12.3. The summed E-state index contributed by atoms with van der Waals surface area (Å²) in [5, 5.41) is 6.78. The number of methoxy groups -OCH3 is 1. The van der Waals surface area contributed by atoms with Gasteiger partial charge in [-0.25, -0.2) is 4.98 Å². The van der Waals surface area contributed by atoms with Gasteiger partial charge in [-0.05, 0) is 13.3 Å². The van der Waals surface area contributed by atoms with Crippen molar-refractivity contribution in [1.82, 2.24) is 10.3 Å². The Morgan fingerprint density at radius 2 is 2.47 bits per heavy atom. The van der Waals surface area contributed by atoms with E-state index >= 15 is 0 Å². The average Bonchev–Trinajstić information content (AvgIpc) is 2.89. The van der Waals surface area contributed by atoms with Crippen molar-refractivity contribution >= 4 is 23.1 Å². The Morgan fingerprint density at radius 3 is 3.06 bits per heavy atom. The lowest BCUT2D eigenvalue weighted by atomic mass is 10.0. The van der Waals surface area contributed by atoms with Gasteiger partial charge in [-0.1, -0.05) is 6.92 Å². The second kappa shape index (κ2) is 5.69. The van der Waals surface area contributed by atoms with Gasteiger partial charge in [-0.15, -0.1) is 11.3 Å². The minimum atomic E-state index is -0.231. The monoisotopic (exact) mass is 272 g/mol. The van der Waals surface area contributed by atoms with Crippen molar-refractivity contribution in [3.63, 3.8) is 0 Å². The molecule has 1 aromatic rings. The molecule has 2 rings (SSSR count). The highest BCUT2D eigenvalue weighted by molar-refractivity contribution is 7.99. The molecule has 1 saturated heterocycles. The molecule has 96 valence electrons. The second-order valence-corrected chi connectivity index (χ2v) is 6.46. The topological polar surface area (TPSA) is 34.1 Å². The Kier molecular flexibility index (Phi) is 4.47. The fourth-order valence-electron chi connectivity index (χ4n) is 1.83. The fourth-order valence-corrected chi connectivity index (χ4v) is 3.86. The van der Waals surface area contributed by atoms with Crippen LogP contribution in [0, 0.1) is 0 Å². The van der Waals surface area contributed by atoms with Crippen LogP contribution in [0.2, 0.25) is 0 Å². The van der Waals surface area contributed by atoms with E-state index in [1.165, 1.54) is 11.4 Å². The van der Waals surface area contributed by atoms with Crippen LogP contribution in [0.5, 0.6) is 0 Å². The summed E-state index contributed by atoms with van der Waals surface area (Å²) in [4.78, 5) is 4.77. The summed E-state index contributed by atoms with van der Waals surface area (Å²) in [5.74, 6) is 2.33. The van der Waals surface area contributed by atoms with Crippen molar-refractivity contribution < 1.29 is 4.74 Å². The van der Waals surface area contributed by atoms with Gasteiger partial charge in [0.1, 0.15) is 10.6 Å². The molecule has 0 radical (unpaired) electrons. The summed E-state index contributed by atoms with van der Waals surface area (Å²) in [7, 11) is 1.76. The molecular formula is C12H20N2OS2. The average molecular weight is 272 g/mol. The molecule has 0 aromatic carbocycles. The van der Waals surface area contributed by atoms with Crippen molar-refractivity contribution in [3.8, 4) is 0 Å². The molecule has 2 heterocycles. The minimum absolute atomic E-state index is 0.231. The Hall–Kier alpha value is -0.100. The number of thioether (sulfide) groups is 1. The van der Waals surface area contributed by atoms with E-state index in [-0.39, 0.29) is 5.60 Å². The van der Waals surface area contributed by atoms with Crippen molar-refractivity contribution in [1.29, 1.82) is 0 Å². The number of aromatic nitrogens is 1. The van der Waals surface area contributed by atoms with E-state index in [1.807, 2.05) is 11.8 Å². The summed E-state index contributed by atoms with van der Waals surface area (Å²) < 4.78 is 5.60. The van der Waals surface area contributed by atoms with Crippen LogP contribution in [-0.4, -0.2) is 30.1 Å². The van der Waals surface area contributed by atoms with E-state index in [4.69, 9.17) is 9.72 Å². The maximum absolute atomic E-state index is 5.60. The molecule has 0 spiro atoms. The molecule has 1 aliphatic rings. The van der Waals surface area contributed by atoms with Gasteiger partial charge in [0.2, 0.25) is 0 Å². The highest BCUT2D eigenvalue weighted by atomic mass is 32.2. The van der Waals surface area contributed by atoms with E-state index < -0.39 is 0 Å². The van der Waals surface area contributed by atoms with Gasteiger partial charge in [0.25, 0.3) is 0 Å². The lowest BCUT2D eigenvalue weighted by Gasteiger charge is -2.24. The molecule has 1 N–H and O–H groups in total. The summed E-state index contributed by atoms with van der Waals surface area (Å²) >= 11 is 3.71. The van der Waals surface area contributed by atoms with Gasteiger partial charge in [0.15, 0.2) is 0 Å². The first-order valence-corrected chi connectivity index (χ1v) is 8.05. The van der Waals surface area contributed by atoms with E-state index in [0.717, 1.165) is 23.7 Å². The number of thiazole rings is 1. The van der Waals surface area contributed by atoms with Gasteiger partial charge in [0.05, 0.1) is 11.7 Å². The molecule has 2 atom stereocenters. The molecule has 0 amide bonds. The lowest BCUT2D eigenvalue weighted by molar-refractivity contribution is -0.00170. The van der Waals surface area contributed by atoms with Gasteiger partial charge in [-0.2, -0.15) is 11.8 Å². The largest absolute Gasteiger partial charge is 0.371 e. The van der Waals surface area contributed by atoms with Crippen molar-refractivity contribution in [3.05, 3.63) is 16.1 Å². The van der Waals surface area contributed by atoms with Crippen LogP contribution in [0.4, 0.5) is 0 Å². The molecule has 1 aromatic heterocycles. The summed E-state index contributed by atoms with van der Waals surface area (Å²) in [6.07, 6.45) is 0.948. The van der Waals surface area contributed by atoms with E-state index in [9.17, 15) is 0 Å². The van der Waals surface area contributed by atoms with Gasteiger partial charge < -0.3 is 10.1 Å². The zero-order valence-corrected chi connectivity index (χ0v) is 12.3. The maximum Gasteiger partial charge on any atom is 0.125 e. The Bertz CT molecular complexity index is 357. The third kappa shape index (κ3) is 2.84. The first kappa shape index (κ1) is 13.3. The van der Waals surface area contributed by atoms with Crippen molar-refractivity contribution in [2.45, 2.75) is 31.9 Å². The normalized spacial score (nSPS) is 24.5. The van der Waals surface area contributed by atoms with Gasteiger partial charge in [-0.3, -0.25) is 0 Å². The van der Waals surface area contributed by atoms with Crippen LogP contribution in [0.15, 0.2) is 5.38 Å². The standard InChI is InChI=1S/C12H20N2OS2/c1-4-12(2,15-3)11-14-10(8-17-11)9-7-16-6-5-13-9/h8-9,13H,4-7H2,1-3H3. The quantitative estimate of drug-likeness (QED) is 0.914. The first-order valence-electron chi connectivity index (χ1n) is 6.02. The van der Waals surface area contributed by atoms with Crippen LogP contribution in [0.3, 0.4) is 0 Å². The number of nitrogens with zero attached hydrogens (tertiary/aromatic N) is 1. The molecule has 2 unspecified atom stereocenters. The molecule has 0 bridgehead atoms. The van der Waals surface area contributed by atoms with Crippen LogP contribution in [-0.2, 0) is 10.3 Å². The van der Waals surface area contributed by atoms with Crippen LogP contribution in [0.25, 0.3) is 0 Å². The van der Waals surface area contributed by atoms with Gasteiger partial charge in [0, 0.05) is 30.5 Å². The van der Waals surface area contributed by atoms with Crippen LogP contribution >= 0.6 is 23.1 Å². The smallest absolute Gasteiger partial charge is 0.125 e. The van der Waals surface area contributed by atoms with Crippen LogP contribution < -0.4 is 5.32 Å². The van der Waals surface area contributed by atoms with Gasteiger partial charge >= 0.3 is 0 Å². The number of hydrogen-bond donors (Lipinski definition) is 1. The van der Waals surface area contributed by atoms with Crippen molar-refractivity contribution in [2.75, 3.05) is 25.2 Å². The third-order valence-electron chi connectivity index (χ3n) is 3.38. The molecule has 1 fully saturated rings.